The molecule has 0 aliphatic carbocycles. The molecule has 0 radical (unpaired) electrons. The molecule has 2 aliphatic heterocycles. The highest BCUT2D eigenvalue weighted by Crippen LogP contribution is 2.40. The quantitative estimate of drug-likeness (QED) is 0.589. The van der Waals surface area contributed by atoms with Crippen molar-refractivity contribution in [3.63, 3.8) is 0 Å². The Balaban J connectivity index is 1.48. The lowest BCUT2D eigenvalue weighted by molar-refractivity contribution is 0.0486. The topological polar surface area (TPSA) is 103 Å². The summed E-state index contributed by atoms with van der Waals surface area (Å²) in [4.78, 5) is 12.9. The van der Waals surface area contributed by atoms with E-state index in [-0.39, 0.29) is 29.6 Å². The fraction of sp³-hybridized carbons (Fsp3) is 0.348. The lowest BCUT2D eigenvalue weighted by Crippen LogP contribution is -2.44. The van der Waals surface area contributed by atoms with Crippen LogP contribution in [-0.2, 0) is 20.2 Å². The van der Waals surface area contributed by atoms with Gasteiger partial charge in [-0.2, -0.15) is 0 Å². The van der Waals surface area contributed by atoms with Gasteiger partial charge in [0, 0.05) is 37.3 Å². The average molecular weight is 459 g/mol. The van der Waals surface area contributed by atoms with Gasteiger partial charge < -0.3 is 19.5 Å². The van der Waals surface area contributed by atoms with Crippen molar-refractivity contribution in [3.8, 4) is 11.5 Å². The van der Waals surface area contributed by atoms with Crippen molar-refractivity contribution in [2.45, 2.75) is 23.2 Å². The SMILES string of the molecule is C=CCNS(=O)(=O)c1ccc(C(=O)NCC2(c3ccc4c(c3)OCO4)CCOCC2)cc1. The van der Waals surface area contributed by atoms with Crippen LogP contribution in [0.4, 0.5) is 0 Å². The van der Waals surface area contributed by atoms with Gasteiger partial charge in [0.15, 0.2) is 11.5 Å². The minimum Gasteiger partial charge on any atom is -0.454 e. The lowest BCUT2D eigenvalue weighted by Gasteiger charge is -2.38. The first-order valence-corrected chi connectivity index (χ1v) is 11.9. The largest absolute Gasteiger partial charge is 0.454 e. The standard InChI is InChI=1S/C23H26N2O6S/c1-2-11-25-32(27,28)19-6-3-17(4-7-19)22(26)24-15-23(9-12-29-13-10-23)18-5-8-20-21(14-18)31-16-30-20/h2-8,14,25H,1,9-13,15-16H2,(H,24,26). The van der Waals surface area contributed by atoms with E-state index >= 15 is 0 Å². The van der Waals surface area contributed by atoms with Crippen LogP contribution in [0.2, 0.25) is 0 Å². The molecule has 9 heteroatoms. The van der Waals surface area contributed by atoms with Crippen molar-refractivity contribution in [2.75, 3.05) is 33.1 Å². The molecular weight excluding hydrogens is 432 g/mol. The summed E-state index contributed by atoms with van der Waals surface area (Å²) in [7, 11) is -3.63. The number of sulfonamides is 1. The van der Waals surface area contributed by atoms with Crippen LogP contribution < -0.4 is 19.5 Å². The molecule has 0 aromatic heterocycles. The van der Waals surface area contributed by atoms with Gasteiger partial charge >= 0.3 is 0 Å². The fourth-order valence-electron chi connectivity index (χ4n) is 3.95. The molecule has 2 aromatic rings. The Morgan fingerprint density at radius 3 is 2.50 bits per heavy atom. The van der Waals surface area contributed by atoms with Crippen LogP contribution in [-0.4, -0.2) is 47.4 Å². The highest BCUT2D eigenvalue weighted by Gasteiger charge is 2.36. The van der Waals surface area contributed by atoms with E-state index in [1.54, 1.807) is 0 Å². The Morgan fingerprint density at radius 2 is 1.78 bits per heavy atom. The number of rotatable bonds is 8. The average Bonchev–Trinajstić information content (AvgIpc) is 3.30. The summed E-state index contributed by atoms with van der Waals surface area (Å²) in [5.74, 6) is 1.17. The van der Waals surface area contributed by atoms with Crippen LogP contribution in [0.3, 0.4) is 0 Å². The Morgan fingerprint density at radius 1 is 1.06 bits per heavy atom. The molecule has 4 rings (SSSR count). The highest BCUT2D eigenvalue weighted by atomic mass is 32.2. The summed E-state index contributed by atoms with van der Waals surface area (Å²) in [5.41, 5.74) is 1.17. The third kappa shape index (κ3) is 4.64. The number of hydrogen-bond acceptors (Lipinski definition) is 6. The zero-order valence-electron chi connectivity index (χ0n) is 17.6. The second-order valence-corrected chi connectivity index (χ2v) is 9.58. The van der Waals surface area contributed by atoms with Crippen LogP contribution >= 0.6 is 0 Å². The highest BCUT2D eigenvalue weighted by molar-refractivity contribution is 7.89. The molecule has 0 atom stereocenters. The van der Waals surface area contributed by atoms with Gasteiger partial charge in [0.1, 0.15) is 0 Å². The molecule has 2 aliphatic rings. The Bertz CT molecular complexity index is 1090. The monoisotopic (exact) mass is 458 g/mol. The van der Waals surface area contributed by atoms with Crippen molar-refractivity contribution < 1.29 is 27.4 Å². The molecule has 0 saturated carbocycles. The predicted octanol–water partition coefficient (Wildman–Crippen LogP) is 2.36. The predicted molar refractivity (Wildman–Crippen MR) is 118 cm³/mol. The summed E-state index contributed by atoms with van der Waals surface area (Å²) in [6.45, 7) is 5.48. The number of carbonyl (C=O) groups excluding carboxylic acids is 1. The van der Waals surface area contributed by atoms with E-state index in [2.05, 4.69) is 16.6 Å². The van der Waals surface area contributed by atoms with Gasteiger partial charge in [0.05, 0.1) is 4.90 Å². The van der Waals surface area contributed by atoms with Gasteiger partial charge in [-0.05, 0) is 54.8 Å². The fourth-order valence-corrected chi connectivity index (χ4v) is 4.94. The van der Waals surface area contributed by atoms with E-state index in [9.17, 15) is 13.2 Å². The lowest BCUT2D eigenvalue weighted by atomic mass is 9.74. The van der Waals surface area contributed by atoms with Crippen LogP contribution in [0.5, 0.6) is 11.5 Å². The van der Waals surface area contributed by atoms with Gasteiger partial charge in [0.2, 0.25) is 16.8 Å². The molecule has 8 nitrogen and oxygen atoms in total. The molecule has 2 aromatic carbocycles. The van der Waals surface area contributed by atoms with Gasteiger partial charge in [-0.1, -0.05) is 12.1 Å². The van der Waals surface area contributed by atoms with Crippen LogP contribution in [0.25, 0.3) is 0 Å². The molecular formula is C23H26N2O6S. The maximum atomic E-state index is 12.8. The number of ether oxygens (including phenoxy) is 3. The zero-order chi connectivity index (χ0) is 22.6. The third-order valence-corrected chi connectivity index (χ3v) is 7.31. The number of amides is 1. The van der Waals surface area contributed by atoms with E-state index < -0.39 is 10.0 Å². The summed E-state index contributed by atoms with van der Waals surface area (Å²) >= 11 is 0. The second-order valence-electron chi connectivity index (χ2n) is 7.81. The maximum Gasteiger partial charge on any atom is 0.251 e. The van der Waals surface area contributed by atoms with Crippen molar-refractivity contribution in [1.82, 2.24) is 10.0 Å². The van der Waals surface area contributed by atoms with E-state index in [0.717, 1.165) is 24.2 Å². The number of fused-ring (bicyclic) bond motifs is 1. The number of hydrogen-bond donors (Lipinski definition) is 2. The minimum atomic E-state index is -3.63. The number of benzene rings is 2. The second kappa shape index (κ2) is 9.32. The third-order valence-electron chi connectivity index (χ3n) is 5.87. The van der Waals surface area contributed by atoms with Gasteiger partial charge in [-0.25, -0.2) is 13.1 Å². The molecule has 1 fully saturated rings. The number of nitrogens with one attached hydrogen (secondary N) is 2. The summed E-state index contributed by atoms with van der Waals surface area (Å²) in [6, 6.07) is 11.8. The smallest absolute Gasteiger partial charge is 0.251 e. The Hall–Kier alpha value is -2.88. The van der Waals surface area contributed by atoms with E-state index in [1.165, 1.54) is 30.3 Å². The van der Waals surface area contributed by atoms with Crippen molar-refractivity contribution in [1.29, 1.82) is 0 Å². The Kier molecular flexibility index (Phi) is 6.50. The van der Waals surface area contributed by atoms with E-state index in [1.807, 2.05) is 18.2 Å². The first-order chi connectivity index (χ1) is 15.4. The van der Waals surface area contributed by atoms with Gasteiger partial charge in [0.25, 0.3) is 5.91 Å². The van der Waals surface area contributed by atoms with E-state index in [0.29, 0.717) is 31.1 Å². The van der Waals surface area contributed by atoms with Crippen LogP contribution in [0, 0.1) is 0 Å². The van der Waals surface area contributed by atoms with E-state index in [4.69, 9.17) is 14.2 Å². The minimum absolute atomic E-state index is 0.0946. The molecule has 170 valence electrons. The van der Waals surface area contributed by atoms with Crippen molar-refractivity contribution in [2.24, 2.45) is 0 Å². The van der Waals surface area contributed by atoms with Gasteiger partial charge in [-0.15, -0.1) is 6.58 Å². The molecule has 1 amide bonds. The van der Waals surface area contributed by atoms with Crippen molar-refractivity contribution in [3.05, 3.63) is 66.2 Å². The molecule has 0 unspecified atom stereocenters. The number of carbonyl (C=O) groups is 1. The summed E-state index contributed by atoms with van der Waals surface area (Å²) in [6.07, 6.45) is 2.99. The first-order valence-electron chi connectivity index (χ1n) is 10.4. The normalized spacial score (nSPS) is 17.0. The summed E-state index contributed by atoms with van der Waals surface area (Å²) < 4.78 is 43.3. The summed E-state index contributed by atoms with van der Waals surface area (Å²) in [5, 5.41) is 3.02. The zero-order valence-corrected chi connectivity index (χ0v) is 18.4. The van der Waals surface area contributed by atoms with Crippen LogP contribution in [0.1, 0.15) is 28.8 Å². The Labute approximate surface area is 187 Å². The molecule has 1 saturated heterocycles. The molecule has 0 spiro atoms. The maximum absolute atomic E-state index is 12.8. The molecule has 0 bridgehead atoms. The molecule has 2 heterocycles. The van der Waals surface area contributed by atoms with Crippen LogP contribution in [0.15, 0.2) is 60.0 Å². The van der Waals surface area contributed by atoms with Gasteiger partial charge in [-0.3, -0.25) is 4.79 Å². The molecule has 32 heavy (non-hydrogen) atoms. The molecule has 2 N–H and O–H groups in total. The van der Waals surface area contributed by atoms with Crippen molar-refractivity contribution >= 4 is 15.9 Å². The first kappa shape index (κ1) is 22.3.